The molecule has 0 saturated heterocycles. The summed E-state index contributed by atoms with van der Waals surface area (Å²) in [5.74, 6) is -1.11. The van der Waals surface area contributed by atoms with Crippen molar-refractivity contribution in [2.24, 2.45) is 5.73 Å². The van der Waals surface area contributed by atoms with Gasteiger partial charge in [-0.25, -0.2) is 9.78 Å². The quantitative estimate of drug-likeness (QED) is 0.590. The summed E-state index contributed by atoms with van der Waals surface area (Å²) in [6, 6.07) is 1.53. The predicted octanol–water partition coefficient (Wildman–Crippen LogP) is -2.16. The number of carbonyl (C=O) groups is 2. The second kappa shape index (κ2) is 4.89. The number of primary amides is 1. The molecule has 0 spiro atoms. The molecule has 7 nitrogen and oxygen atoms in total. The van der Waals surface area contributed by atoms with Crippen molar-refractivity contribution in [3.63, 3.8) is 0 Å². The smallest absolute Gasteiger partial charge is 0.347 e. The van der Waals surface area contributed by atoms with E-state index in [1.807, 2.05) is 0 Å². The monoisotopic (exact) mass is 210 g/mol. The van der Waals surface area contributed by atoms with Crippen LogP contribution >= 0.6 is 0 Å². The third kappa shape index (κ3) is 3.59. The molecule has 0 aliphatic carbocycles. The lowest BCUT2D eigenvalue weighted by Gasteiger charge is -2.04. The zero-order valence-electron chi connectivity index (χ0n) is 7.84. The summed E-state index contributed by atoms with van der Waals surface area (Å²) >= 11 is 0. The lowest BCUT2D eigenvalue weighted by molar-refractivity contribution is -0.125. The Balaban J connectivity index is 2.56. The zero-order valence-corrected chi connectivity index (χ0v) is 7.84. The summed E-state index contributed by atoms with van der Waals surface area (Å²) in [5, 5.41) is 2.26. The summed E-state index contributed by atoms with van der Waals surface area (Å²) in [4.78, 5) is 36.0. The Bertz CT molecular complexity index is 426. The molecule has 0 radical (unpaired) electrons. The fourth-order valence-corrected chi connectivity index (χ4v) is 0.904. The minimum atomic E-state index is -0.637. The van der Waals surface area contributed by atoms with Crippen molar-refractivity contribution >= 4 is 11.8 Å². The number of carbonyl (C=O) groups excluding carboxylic acids is 2. The van der Waals surface area contributed by atoms with Gasteiger partial charge in [0.25, 0.3) is 0 Å². The van der Waals surface area contributed by atoms with Crippen LogP contribution in [0, 0.1) is 0 Å². The lowest BCUT2D eigenvalue weighted by atomic mass is 10.5. The Morgan fingerprint density at radius 3 is 2.87 bits per heavy atom. The van der Waals surface area contributed by atoms with Crippen LogP contribution in [-0.2, 0) is 16.1 Å². The van der Waals surface area contributed by atoms with Crippen molar-refractivity contribution in [3.8, 4) is 0 Å². The van der Waals surface area contributed by atoms with Crippen molar-refractivity contribution in [1.82, 2.24) is 14.9 Å². The molecule has 0 saturated carbocycles. The number of nitrogens with two attached hydrogens (primary N) is 1. The molecule has 2 amide bonds. The Morgan fingerprint density at radius 1 is 1.53 bits per heavy atom. The third-order valence-corrected chi connectivity index (χ3v) is 1.56. The summed E-state index contributed by atoms with van der Waals surface area (Å²) in [7, 11) is 0. The van der Waals surface area contributed by atoms with E-state index < -0.39 is 17.5 Å². The fraction of sp³-hybridized carbons (Fsp3) is 0.250. The Morgan fingerprint density at radius 2 is 2.27 bits per heavy atom. The van der Waals surface area contributed by atoms with Gasteiger partial charge in [0.15, 0.2) is 0 Å². The zero-order chi connectivity index (χ0) is 11.3. The molecule has 0 aliphatic heterocycles. The average Bonchev–Trinajstić information content (AvgIpc) is 2.18. The van der Waals surface area contributed by atoms with E-state index in [4.69, 9.17) is 5.73 Å². The van der Waals surface area contributed by atoms with E-state index in [0.29, 0.717) is 0 Å². The number of hydrogen-bond acceptors (Lipinski definition) is 4. The van der Waals surface area contributed by atoms with Gasteiger partial charge in [-0.05, 0) is 6.07 Å². The highest BCUT2D eigenvalue weighted by Gasteiger charge is 2.04. The molecule has 0 aliphatic rings. The molecule has 7 heteroatoms. The third-order valence-electron chi connectivity index (χ3n) is 1.56. The van der Waals surface area contributed by atoms with Crippen LogP contribution in [0.25, 0.3) is 0 Å². The highest BCUT2D eigenvalue weighted by Crippen LogP contribution is 1.79. The van der Waals surface area contributed by atoms with Gasteiger partial charge < -0.3 is 11.1 Å². The maximum atomic E-state index is 11.2. The molecule has 0 aromatic carbocycles. The molecule has 0 atom stereocenters. The van der Waals surface area contributed by atoms with E-state index in [2.05, 4.69) is 10.3 Å². The molecule has 1 heterocycles. The van der Waals surface area contributed by atoms with E-state index in [0.717, 1.165) is 4.57 Å². The molecule has 1 aromatic rings. The number of aromatic nitrogens is 2. The van der Waals surface area contributed by atoms with Crippen LogP contribution in [0.3, 0.4) is 0 Å². The van der Waals surface area contributed by atoms with Gasteiger partial charge in [0, 0.05) is 12.4 Å². The van der Waals surface area contributed by atoms with Crippen LogP contribution in [0.2, 0.25) is 0 Å². The van der Waals surface area contributed by atoms with E-state index >= 15 is 0 Å². The van der Waals surface area contributed by atoms with E-state index in [-0.39, 0.29) is 13.1 Å². The first-order valence-corrected chi connectivity index (χ1v) is 4.16. The minimum Gasteiger partial charge on any atom is -0.368 e. The van der Waals surface area contributed by atoms with Gasteiger partial charge in [-0.1, -0.05) is 0 Å². The van der Waals surface area contributed by atoms with Crippen LogP contribution in [0.15, 0.2) is 23.3 Å². The topological polar surface area (TPSA) is 107 Å². The molecule has 3 N–H and O–H groups in total. The molecular formula is C8H10N4O3. The summed E-state index contributed by atoms with van der Waals surface area (Å²) in [6.45, 7) is -0.423. The number of hydrogen-bond donors (Lipinski definition) is 2. The van der Waals surface area contributed by atoms with Crippen molar-refractivity contribution < 1.29 is 9.59 Å². The molecular weight excluding hydrogens is 200 g/mol. The van der Waals surface area contributed by atoms with Crippen molar-refractivity contribution in [2.75, 3.05) is 6.54 Å². The number of rotatable bonds is 4. The van der Waals surface area contributed by atoms with Crippen LogP contribution in [0.1, 0.15) is 0 Å². The van der Waals surface area contributed by atoms with Gasteiger partial charge in [-0.2, -0.15) is 0 Å². The maximum absolute atomic E-state index is 11.2. The first-order chi connectivity index (χ1) is 7.09. The molecule has 0 fully saturated rings. The standard InChI is InChI=1S/C8H10N4O3/c9-6(13)4-11-7(14)5-12-3-1-2-10-8(12)15/h1-3H,4-5H2,(H2,9,13)(H,11,14). The van der Waals surface area contributed by atoms with Gasteiger partial charge in [0.2, 0.25) is 11.8 Å². The predicted molar refractivity (Wildman–Crippen MR) is 50.7 cm³/mol. The normalized spacial score (nSPS) is 9.60. The molecule has 0 unspecified atom stereocenters. The highest BCUT2D eigenvalue weighted by atomic mass is 16.2. The highest BCUT2D eigenvalue weighted by molar-refractivity contribution is 5.83. The van der Waals surface area contributed by atoms with Crippen molar-refractivity contribution in [2.45, 2.75) is 6.54 Å². The Kier molecular flexibility index (Phi) is 3.55. The minimum absolute atomic E-state index is 0.181. The van der Waals surface area contributed by atoms with Gasteiger partial charge in [-0.3, -0.25) is 14.2 Å². The van der Waals surface area contributed by atoms with E-state index in [9.17, 15) is 14.4 Å². The van der Waals surface area contributed by atoms with Crippen LogP contribution in [0.5, 0.6) is 0 Å². The first-order valence-electron chi connectivity index (χ1n) is 4.16. The van der Waals surface area contributed by atoms with E-state index in [1.165, 1.54) is 18.5 Å². The second-order valence-corrected chi connectivity index (χ2v) is 2.77. The fourth-order valence-electron chi connectivity index (χ4n) is 0.904. The maximum Gasteiger partial charge on any atom is 0.347 e. The lowest BCUT2D eigenvalue weighted by Crippen LogP contribution is -2.37. The Hall–Kier alpha value is -2.18. The number of nitrogens with zero attached hydrogens (tertiary/aromatic N) is 2. The SMILES string of the molecule is NC(=O)CNC(=O)Cn1cccnc1=O. The molecule has 1 rings (SSSR count). The van der Waals surface area contributed by atoms with Gasteiger partial charge in [-0.15, -0.1) is 0 Å². The number of nitrogens with one attached hydrogen (secondary N) is 1. The Labute approximate surface area is 84.9 Å². The van der Waals surface area contributed by atoms with Crippen LogP contribution in [0.4, 0.5) is 0 Å². The van der Waals surface area contributed by atoms with Crippen molar-refractivity contribution in [1.29, 1.82) is 0 Å². The molecule has 80 valence electrons. The van der Waals surface area contributed by atoms with Gasteiger partial charge >= 0.3 is 5.69 Å². The largest absolute Gasteiger partial charge is 0.368 e. The van der Waals surface area contributed by atoms with Crippen LogP contribution in [-0.4, -0.2) is 27.9 Å². The van der Waals surface area contributed by atoms with Gasteiger partial charge in [0.05, 0.1) is 6.54 Å². The molecule has 15 heavy (non-hydrogen) atoms. The summed E-state index contributed by atoms with van der Waals surface area (Å²) < 4.78 is 1.12. The van der Waals surface area contributed by atoms with Gasteiger partial charge in [0.1, 0.15) is 6.54 Å². The molecule has 0 bridgehead atoms. The number of amides is 2. The van der Waals surface area contributed by atoms with Crippen molar-refractivity contribution in [3.05, 3.63) is 28.9 Å². The van der Waals surface area contributed by atoms with Crippen LogP contribution < -0.4 is 16.7 Å². The summed E-state index contributed by atoms with van der Waals surface area (Å²) in [6.07, 6.45) is 2.76. The summed E-state index contributed by atoms with van der Waals surface area (Å²) in [5.41, 5.74) is 4.31. The first kappa shape index (κ1) is 10.9. The second-order valence-electron chi connectivity index (χ2n) is 2.77. The average molecular weight is 210 g/mol. The molecule has 1 aromatic heterocycles. The van der Waals surface area contributed by atoms with E-state index in [1.54, 1.807) is 0 Å².